The van der Waals surface area contributed by atoms with Crippen molar-refractivity contribution in [1.29, 1.82) is 0 Å². The van der Waals surface area contributed by atoms with Crippen LogP contribution >= 0.6 is 0 Å². The third kappa shape index (κ3) is 5.35. The fraction of sp³-hybridized carbons (Fsp3) is 0.435. The molecule has 0 aliphatic heterocycles. The molecule has 2 aromatic rings. The van der Waals surface area contributed by atoms with Crippen molar-refractivity contribution in [1.82, 2.24) is 5.32 Å². The molecule has 0 saturated carbocycles. The van der Waals surface area contributed by atoms with Gasteiger partial charge in [-0.3, -0.25) is 0 Å². The topological polar surface area (TPSA) is 38.3 Å². The number of nitrogens with one attached hydrogen (secondary N) is 1. The first-order chi connectivity index (χ1) is 12.6. The Morgan fingerprint density at radius 1 is 0.923 bits per heavy atom. The van der Waals surface area contributed by atoms with Gasteiger partial charge in [-0.25, -0.2) is 4.79 Å². The fourth-order valence-electron chi connectivity index (χ4n) is 2.99. The molecule has 0 radical (unpaired) electrons. The third-order valence-corrected chi connectivity index (χ3v) is 5.08. The summed E-state index contributed by atoms with van der Waals surface area (Å²) in [6.07, 6.45) is 2.44. The molecule has 2 aromatic carbocycles. The zero-order valence-electron chi connectivity index (χ0n) is 16.4. The Bertz CT molecular complexity index is 668. The van der Waals surface area contributed by atoms with Crippen LogP contribution < -0.4 is 10.1 Å². The van der Waals surface area contributed by atoms with Crippen molar-refractivity contribution >= 4 is 6.09 Å². The zero-order chi connectivity index (χ0) is 18.9. The SMILES string of the molecule is CC[C@@H](C)c1cccc([C@H](C)CC)c1OC(=O)NCCc1ccccc1. The number of carbonyl (C=O) groups excluding carboxylic acids is 1. The standard InChI is InChI=1S/C23H31NO2/c1-5-17(3)20-13-10-14-21(18(4)6-2)22(20)26-23(25)24-16-15-19-11-8-7-9-12-19/h7-14,17-18H,5-6,15-16H2,1-4H3,(H,24,25)/t17-,18-/m1/s1. The molecule has 140 valence electrons. The first-order valence-electron chi connectivity index (χ1n) is 9.69. The van der Waals surface area contributed by atoms with Crippen LogP contribution in [0.1, 0.15) is 69.1 Å². The van der Waals surface area contributed by atoms with E-state index in [9.17, 15) is 4.79 Å². The minimum Gasteiger partial charge on any atom is -0.410 e. The Morgan fingerprint density at radius 3 is 2.04 bits per heavy atom. The molecule has 0 heterocycles. The van der Waals surface area contributed by atoms with Crippen LogP contribution in [-0.4, -0.2) is 12.6 Å². The van der Waals surface area contributed by atoms with E-state index in [-0.39, 0.29) is 6.09 Å². The van der Waals surface area contributed by atoms with Crippen LogP contribution in [0.5, 0.6) is 5.75 Å². The quantitative estimate of drug-likeness (QED) is 0.628. The predicted octanol–water partition coefficient (Wildman–Crippen LogP) is 6.04. The normalized spacial score (nSPS) is 13.1. The molecule has 1 amide bonds. The Kier molecular flexibility index (Phi) is 7.71. The monoisotopic (exact) mass is 353 g/mol. The van der Waals surface area contributed by atoms with E-state index < -0.39 is 0 Å². The van der Waals surface area contributed by atoms with E-state index in [1.807, 2.05) is 18.2 Å². The summed E-state index contributed by atoms with van der Waals surface area (Å²) in [4.78, 5) is 12.4. The van der Waals surface area contributed by atoms with E-state index in [1.54, 1.807) is 0 Å². The first-order valence-corrected chi connectivity index (χ1v) is 9.69. The van der Waals surface area contributed by atoms with Crippen LogP contribution in [0.3, 0.4) is 0 Å². The van der Waals surface area contributed by atoms with Gasteiger partial charge in [-0.2, -0.15) is 0 Å². The molecule has 0 fully saturated rings. The van der Waals surface area contributed by atoms with E-state index in [4.69, 9.17) is 4.74 Å². The summed E-state index contributed by atoms with van der Waals surface area (Å²) in [5, 5.41) is 2.89. The summed E-state index contributed by atoms with van der Waals surface area (Å²) in [6, 6.07) is 16.4. The van der Waals surface area contributed by atoms with Crippen LogP contribution in [0.2, 0.25) is 0 Å². The van der Waals surface area contributed by atoms with E-state index in [1.165, 1.54) is 5.56 Å². The highest BCUT2D eigenvalue weighted by Crippen LogP contribution is 2.36. The van der Waals surface area contributed by atoms with Crippen LogP contribution in [0, 0.1) is 0 Å². The molecular formula is C23H31NO2. The number of amides is 1. The minimum absolute atomic E-state index is 0.353. The van der Waals surface area contributed by atoms with Crippen LogP contribution in [0.15, 0.2) is 48.5 Å². The average Bonchev–Trinajstić information content (AvgIpc) is 2.67. The second kappa shape index (κ2) is 10.0. The lowest BCUT2D eigenvalue weighted by molar-refractivity contribution is 0.199. The summed E-state index contributed by atoms with van der Waals surface area (Å²) in [7, 11) is 0. The minimum atomic E-state index is -0.374. The van der Waals surface area contributed by atoms with Crippen molar-refractivity contribution in [2.45, 2.75) is 58.8 Å². The maximum Gasteiger partial charge on any atom is 0.412 e. The number of ether oxygens (including phenoxy) is 1. The van der Waals surface area contributed by atoms with Crippen molar-refractivity contribution in [3.8, 4) is 5.75 Å². The van der Waals surface area contributed by atoms with Gasteiger partial charge >= 0.3 is 6.09 Å². The highest BCUT2D eigenvalue weighted by Gasteiger charge is 2.19. The Balaban J connectivity index is 2.09. The maximum atomic E-state index is 12.4. The number of carbonyl (C=O) groups is 1. The number of para-hydroxylation sites is 1. The molecule has 3 nitrogen and oxygen atoms in total. The average molecular weight is 354 g/mol. The van der Waals surface area contributed by atoms with Gasteiger partial charge in [0.25, 0.3) is 0 Å². The molecule has 0 aliphatic rings. The molecule has 26 heavy (non-hydrogen) atoms. The van der Waals surface area contributed by atoms with Gasteiger partial charge in [0.2, 0.25) is 0 Å². The lowest BCUT2D eigenvalue weighted by Gasteiger charge is -2.21. The van der Waals surface area contributed by atoms with Gasteiger partial charge in [-0.1, -0.05) is 76.2 Å². The molecule has 0 bridgehead atoms. The zero-order valence-corrected chi connectivity index (χ0v) is 16.4. The largest absolute Gasteiger partial charge is 0.412 e. The van der Waals surface area contributed by atoms with Gasteiger partial charge in [-0.15, -0.1) is 0 Å². The third-order valence-electron chi connectivity index (χ3n) is 5.08. The van der Waals surface area contributed by atoms with Gasteiger partial charge in [0.1, 0.15) is 5.75 Å². The van der Waals surface area contributed by atoms with E-state index in [0.717, 1.165) is 36.1 Å². The molecule has 0 spiro atoms. The number of hydrogen-bond donors (Lipinski definition) is 1. The van der Waals surface area contributed by atoms with Crippen LogP contribution in [0.4, 0.5) is 4.79 Å². The maximum absolute atomic E-state index is 12.4. The lowest BCUT2D eigenvalue weighted by Crippen LogP contribution is -2.29. The predicted molar refractivity (Wildman–Crippen MR) is 108 cm³/mol. The van der Waals surface area contributed by atoms with E-state index >= 15 is 0 Å². The summed E-state index contributed by atoms with van der Waals surface area (Å²) in [6.45, 7) is 9.23. The fourth-order valence-corrected chi connectivity index (χ4v) is 2.99. The summed E-state index contributed by atoms with van der Waals surface area (Å²) in [5.74, 6) is 1.45. The van der Waals surface area contributed by atoms with Gasteiger partial charge in [-0.05, 0) is 47.8 Å². The van der Waals surface area contributed by atoms with Crippen molar-refractivity contribution in [2.24, 2.45) is 0 Å². The van der Waals surface area contributed by atoms with Crippen LogP contribution in [0.25, 0.3) is 0 Å². The number of hydrogen-bond acceptors (Lipinski definition) is 2. The Labute approximate surface area is 157 Å². The van der Waals surface area contributed by atoms with E-state index in [0.29, 0.717) is 18.4 Å². The van der Waals surface area contributed by atoms with Crippen molar-refractivity contribution in [3.63, 3.8) is 0 Å². The first kappa shape index (κ1) is 20.0. The summed E-state index contributed by atoms with van der Waals surface area (Å²) in [5.41, 5.74) is 3.43. The van der Waals surface area contributed by atoms with Gasteiger partial charge in [0.15, 0.2) is 0 Å². The molecule has 1 N–H and O–H groups in total. The summed E-state index contributed by atoms with van der Waals surface area (Å²) < 4.78 is 5.81. The lowest BCUT2D eigenvalue weighted by atomic mass is 9.90. The highest BCUT2D eigenvalue weighted by atomic mass is 16.6. The van der Waals surface area contributed by atoms with Crippen molar-refractivity contribution < 1.29 is 9.53 Å². The van der Waals surface area contributed by atoms with Crippen molar-refractivity contribution in [3.05, 3.63) is 65.2 Å². The van der Waals surface area contributed by atoms with Gasteiger partial charge in [0, 0.05) is 6.54 Å². The summed E-state index contributed by atoms with van der Waals surface area (Å²) >= 11 is 0. The smallest absolute Gasteiger partial charge is 0.410 e. The molecule has 2 atom stereocenters. The molecule has 0 saturated heterocycles. The molecule has 2 rings (SSSR count). The Hall–Kier alpha value is -2.29. The van der Waals surface area contributed by atoms with Crippen LogP contribution in [-0.2, 0) is 6.42 Å². The number of rotatable bonds is 8. The highest BCUT2D eigenvalue weighted by molar-refractivity contribution is 5.71. The van der Waals surface area contributed by atoms with Gasteiger partial charge < -0.3 is 10.1 Å². The second-order valence-electron chi connectivity index (χ2n) is 6.94. The molecule has 0 aliphatic carbocycles. The Morgan fingerprint density at radius 2 is 1.50 bits per heavy atom. The molecular weight excluding hydrogens is 322 g/mol. The number of benzene rings is 2. The van der Waals surface area contributed by atoms with Gasteiger partial charge in [0.05, 0.1) is 0 Å². The van der Waals surface area contributed by atoms with Crippen molar-refractivity contribution in [2.75, 3.05) is 6.54 Å². The second-order valence-corrected chi connectivity index (χ2v) is 6.94. The molecule has 0 aromatic heterocycles. The molecule has 0 unspecified atom stereocenters. The van der Waals surface area contributed by atoms with E-state index in [2.05, 4.69) is 63.3 Å². The molecule has 3 heteroatoms.